The zero-order valence-corrected chi connectivity index (χ0v) is 15.6. The largest absolute Gasteiger partial charge is 0.372 e. The molecule has 5 aromatic rings. The summed E-state index contributed by atoms with van der Waals surface area (Å²) in [5.41, 5.74) is 6.02. The van der Waals surface area contributed by atoms with Crippen LogP contribution in [0, 0.1) is 0 Å². The molecule has 2 heteroatoms. The third kappa shape index (κ3) is 3.08. The minimum atomic E-state index is 0.607. The lowest BCUT2D eigenvalue weighted by atomic mass is 10.1. The quantitative estimate of drug-likeness (QED) is 0.348. The van der Waals surface area contributed by atoms with Gasteiger partial charge in [0, 0.05) is 16.5 Å². The van der Waals surface area contributed by atoms with Crippen molar-refractivity contribution < 1.29 is 4.74 Å². The van der Waals surface area contributed by atoms with Gasteiger partial charge in [0.05, 0.1) is 24.2 Å². The molecule has 0 aliphatic rings. The Kier molecular flexibility index (Phi) is 4.40. The fourth-order valence-corrected chi connectivity index (χ4v) is 3.83. The lowest BCUT2D eigenvalue weighted by molar-refractivity contribution is 0.107. The smallest absolute Gasteiger partial charge is 0.0721 e. The minimum absolute atomic E-state index is 0.607. The van der Waals surface area contributed by atoms with Crippen LogP contribution >= 0.6 is 0 Å². The Balaban J connectivity index is 1.52. The number of hydrogen-bond donors (Lipinski definition) is 0. The van der Waals surface area contributed by atoms with Crippen molar-refractivity contribution in [1.29, 1.82) is 0 Å². The lowest BCUT2D eigenvalue weighted by Gasteiger charge is -2.08. The highest BCUT2D eigenvalue weighted by Crippen LogP contribution is 2.32. The van der Waals surface area contributed by atoms with Crippen LogP contribution in [0.3, 0.4) is 0 Å². The van der Waals surface area contributed by atoms with Crippen LogP contribution in [0.5, 0.6) is 0 Å². The maximum atomic E-state index is 5.95. The first kappa shape index (κ1) is 16.8. The molecule has 0 saturated heterocycles. The molecule has 1 heterocycles. The summed E-state index contributed by atoms with van der Waals surface area (Å²) in [6.07, 6.45) is 0. The molecule has 0 aliphatic heterocycles. The molecule has 2 nitrogen and oxygen atoms in total. The Bertz CT molecular complexity index is 1220. The van der Waals surface area contributed by atoms with E-state index in [-0.39, 0.29) is 0 Å². The van der Waals surface area contributed by atoms with E-state index in [1.165, 1.54) is 38.6 Å². The molecule has 0 bridgehead atoms. The summed E-state index contributed by atoms with van der Waals surface area (Å²) in [5.74, 6) is 0. The van der Waals surface area contributed by atoms with Gasteiger partial charge in [-0.15, -0.1) is 0 Å². The van der Waals surface area contributed by atoms with Crippen molar-refractivity contribution in [3.05, 3.63) is 114 Å². The molecule has 0 amide bonds. The van der Waals surface area contributed by atoms with Gasteiger partial charge in [-0.1, -0.05) is 72.8 Å². The fourth-order valence-electron chi connectivity index (χ4n) is 3.83. The van der Waals surface area contributed by atoms with Crippen LogP contribution < -0.4 is 0 Å². The Morgan fingerprint density at radius 2 is 1.18 bits per heavy atom. The molecular weight excluding hydrogens is 342 g/mol. The first-order valence-corrected chi connectivity index (χ1v) is 9.59. The summed E-state index contributed by atoms with van der Waals surface area (Å²) in [5, 5.41) is 2.53. The second-order valence-corrected chi connectivity index (χ2v) is 7.02. The van der Waals surface area contributed by atoms with E-state index in [0.717, 1.165) is 0 Å². The second-order valence-electron chi connectivity index (χ2n) is 7.02. The van der Waals surface area contributed by atoms with E-state index < -0.39 is 0 Å². The molecule has 0 atom stereocenters. The summed E-state index contributed by atoms with van der Waals surface area (Å²) in [6, 6.07) is 36.1. The Labute approximate surface area is 164 Å². The van der Waals surface area contributed by atoms with Crippen LogP contribution in [-0.4, -0.2) is 4.57 Å². The molecule has 0 unspecified atom stereocenters. The van der Waals surface area contributed by atoms with Crippen LogP contribution in [0.15, 0.2) is 103 Å². The van der Waals surface area contributed by atoms with Crippen LogP contribution in [0.4, 0.5) is 0 Å². The average molecular weight is 363 g/mol. The Morgan fingerprint density at radius 1 is 0.536 bits per heavy atom. The van der Waals surface area contributed by atoms with Crippen molar-refractivity contribution in [2.24, 2.45) is 0 Å². The van der Waals surface area contributed by atoms with E-state index >= 15 is 0 Å². The third-order valence-corrected chi connectivity index (χ3v) is 5.13. The number of fused-ring (bicyclic) bond motifs is 3. The van der Waals surface area contributed by atoms with Gasteiger partial charge in [-0.05, 0) is 41.5 Å². The summed E-state index contributed by atoms with van der Waals surface area (Å²) in [7, 11) is 0. The van der Waals surface area contributed by atoms with Crippen LogP contribution in [0.1, 0.15) is 11.1 Å². The molecule has 0 fully saturated rings. The van der Waals surface area contributed by atoms with Crippen molar-refractivity contribution in [1.82, 2.24) is 4.57 Å². The third-order valence-electron chi connectivity index (χ3n) is 5.13. The van der Waals surface area contributed by atoms with Gasteiger partial charge >= 0.3 is 0 Å². The van der Waals surface area contributed by atoms with E-state index in [1.807, 2.05) is 18.2 Å². The fraction of sp³-hybridized carbons (Fsp3) is 0.0769. The molecule has 0 spiro atoms. The maximum absolute atomic E-state index is 5.95. The van der Waals surface area contributed by atoms with E-state index in [9.17, 15) is 0 Å². The van der Waals surface area contributed by atoms with Crippen molar-refractivity contribution in [3.63, 3.8) is 0 Å². The summed E-state index contributed by atoms with van der Waals surface area (Å²) in [4.78, 5) is 0. The van der Waals surface area contributed by atoms with Gasteiger partial charge in [-0.2, -0.15) is 0 Å². The number of rotatable bonds is 5. The molecule has 1 aromatic heterocycles. The van der Waals surface area contributed by atoms with Crippen molar-refractivity contribution in [3.8, 4) is 5.69 Å². The van der Waals surface area contributed by atoms with Crippen molar-refractivity contribution in [2.45, 2.75) is 13.2 Å². The standard InChI is InChI=1S/C26H21NO/c1-3-9-20(10-4-1)18-28-19-21-15-16-26-24(17-21)23-13-7-8-14-25(23)27(26)22-11-5-2-6-12-22/h1-17H,18-19H2. The van der Waals surface area contributed by atoms with Gasteiger partial charge in [0.2, 0.25) is 0 Å². The van der Waals surface area contributed by atoms with Crippen molar-refractivity contribution in [2.75, 3.05) is 0 Å². The molecule has 4 aromatic carbocycles. The van der Waals surface area contributed by atoms with Gasteiger partial charge in [0.15, 0.2) is 0 Å². The Hall–Kier alpha value is -3.36. The van der Waals surface area contributed by atoms with E-state index in [0.29, 0.717) is 13.2 Å². The van der Waals surface area contributed by atoms with E-state index in [4.69, 9.17) is 4.74 Å². The molecular formula is C26H21NO. The number of benzene rings is 4. The highest BCUT2D eigenvalue weighted by atomic mass is 16.5. The molecule has 0 radical (unpaired) electrons. The predicted molar refractivity (Wildman–Crippen MR) is 116 cm³/mol. The highest BCUT2D eigenvalue weighted by Gasteiger charge is 2.12. The van der Waals surface area contributed by atoms with Crippen LogP contribution in [0.25, 0.3) is 27.5 Å². The van der Waals surface area contributed by atoms with Crippen LogP contribution in [-0.2, 0) is 18.0 Å². The number of nitrogens with zero attached hydrogens (tertiary/aromatic N) is 1. The van der Waals surface area contributed by atoms with Gasteiger partial charge in [-0.25, -0.2) is 0 Å². The topological polar surface area (TPSA) is 14.2 Å². The second kappa shape index (κ2) is 7.34. The van der Waals surface area contributed by atoms with Crippen molar-refractivity contribution >= 4 is 21.8 Å². The number of aromatic nitrogens is 1. The molecule has 136 valence electrons. The molecule has 0 saturated carbocycles. The lowest BCUT2D eigenvalue weighted by Crippen LogP contribution is -1.95. The summed E-state index contributed by atoms with van der Waals surface area (Å²) in [6.45, 7) is 1.24. The number of hydrogen-bond acceptors (Lipinski definition) is 1. The zero-order chi connectivity index (χ0) is 18.8. The normalized spacial score (nSPS) is 11.3. The zero-order valence-electron chi connectivity index (χ0n) is 15.6. The molecule has 0 N–H and O–H groups in total. The van der Waals surface area contributed by atoms with Gasteiger partial charge in [0.25, 0.3) is 0 Å². The first-order chi connectivity index (χ1) is 13.9. The SMILES string of the molecule is c1ccc(COCc2ccc3c(c2)c2ccccc2n3-c2ccccc2)cc1. The monoisotopic (exact) mass is 363 g/mol. The van der Waals surface area contributed by atoms with Gasteiger partial charge in [0.1, 0.15) is 0 Å². The summed E-state index contributed by atoms with van der Waals surface area (Å²) < 4.78 is 8.28. The molecule has 0 aliphatic carbocycles. The predicted octanol–water partition coefficient (Wildman–Crippen LogP) is 6.50. The number of para-hydroxylation sites is 2. The van der Waals surface area contributed by atoms with Crippen LogP contribution in [0.2, 0.25) is 0 Å². The number of ether oxygens (including phenoxy) is 1. The molecule has 5 rings (SSSR count). The van der Waals surface area contributed by atoms with Gasteiger partial charge in [-0.3, -0.25) is 0 Å². The molecule has 28 heavy (non-hydrogen) atoms. The van der Waals surface area contributed by atoms with E-state index in [2.05, 4.69) is 89.5 Å². The summed E-state index contributed by atoms with van der Waals surface area (Å²) >= 11 is 0. The Morgan fingerprint density at radius 3 is 2.00 bits per heavy atom. The first-order valence-electron chi connectivity index (χ1n) is 9.59. The minimum Gasteiger partial charge on any atom is -0.372 e. The average Bonchev–Trinajstić information content (AvgIpc) is 3.09. The van der Waals surface area contributed by atoms with Gasteiger partial charge < -0.3 is 9.30 Å². The maximum Gasteiger partial charge on any atom is 0.0721 e. The highest BCUT2D eigenvalue weighted by molar-refractivity contribution is 6.09. The van der Waals surface area contributed by atoms with E-state index in [1.54, 1.807) is 0 Å².